The molecule has 0 aromatic rings. The van der Waals surface area contributed by atoms with Crippen LogP contribution in [0.2, 0.25) is 0 Å². The maximum Gasteiger partial charge on any atom is 0.219 e. The van der Waals surface area contributed by atoms with E-state index in [2.05, 4.69) is 46.0 Å². The second-order valence-electron chi connectivity index (χ2n) is 14.9. The molecule has 0 saturated heterocycles. The van der Waals surface area contributed by atoms with Crippen molar-refractivity contribution in [3.05, 3.63) is 23.3 Å². The summed E-state index contributed by atoms with van der Waals surface area (Å²) in [7, 11) is 1.71. The van der Waals surface area contributed by atoms with Crippen LogP contribution in [0.25, 0.3) is 0 Å². The number of hydrogen-bond acceptors (Lipinski definition) is 4. The predicted octanol–water partition coefficient (Wildman–Crippen LogP) is 6.34. The minimum Gasteiger partial charge on any atom is -0.359 e. The molecule has 5 heteroatoms. The molecule has 5 aliphatic carbocycles. The van der Waals surface area contributed by atoms with E-state index in [-0.39, 0.29) is 68.4 Å². The fourth-order valence-corrected chi connectivity index (χ4v) is 10.3. The molecule has 5 nitrogen and oxygen atoms in total. The minimum absolute atomic E-state index is 0.0321. The van der Waals surface area contributed by atoms with Gasteiger partial charge in [-0.15, -0.1) is 0 Å². The van der Waals surface area contributed by atoms with E-state index in [1.807, 2.05) is 19.1 Å². The van der Waals surface area contributed by atoms with E-state index in [9.17, 15) is 19.6 Å². The van der Waals surface area contributed by atoms with Crippen LogP contribution in [0.4, 0.5) is 0 Å². The Balaban J connectivity index is 1.63. The van der Waals surface area contributed by atoms with Gasteiger partial charge in [0.15, 0.2) is 11.6 Å². The average molecular weight is 519 g/mol. The number of nitriles is 1. The maximum atomic E-state index is 14.4. The van der Waals surface area contributed by atoms with Gasteiger partial charge in [-0.05, 0) is 90.9 Å². The van der Waals surface area contributed by atoms with Gasteiger partial charge in [-0.25, -0.2) is 0 Å². The largest absolute Gasteiger partial charge is 0.359 e. The van der Waals surface area contributed by atoms with Crippen LogP contribution in [0.1, 0.15) is 99.3 Å². The third-order valence-corrected chi connectivity index (χ3v) is 12.8. The number of ketones is 2. The molecule has 5 aliphatic rings. The molecule has 0 radical (unpaired) electrons. The van der Waals surface area contributed by atoms with Crippen molar-refractivity contribution in [3.8, 4) is 6.07 Å². The summed E-state index contributed by atoms with van der Waals surface area (Å²) in [6.07, 6.45) is 12.5. The first-order chi connectivity index (χ1) is 17.7. The Kier molecular flexibility index (Phi) is 6.22. The first kappa shape index (κ1) is 27.4. The summed E-state index contributed by atoms with van der Waals surface area (Å²) in [4.78, 5) is 39.7. The highest BCUT2D eigenvalue weighted by molar-refractivity contribution is 6.02. The lowest BCUT2D eigenvalue weighted by atomic mass is 9.34. The molecule has 0 aromatic carbocycles. The average Bonchev–Trinajstić information content (AvgIpc) is 2.86. The second kappa shape index (κ2) is 8.64. The van der Waals surface area contributed by atoms with Gasteiger partial charge in [-0.2, -0.15) is 5.26 Å². The fraction of sp³-hybridized carbons (Fsp3) is 0.758. The number of Topliss-reactive ketones (excluding diaryl/α,β-unsaturated/α-hetero) is 1. The van der Waals surface area contributed by atoms with Crippen LogP contribution < -0.4 is 5.32 Å². The van der Waals surface area contributed by atoms with Crippen molar-refractivity contribution in [2.45, 2.75) is 99.3 Å². The maximum absolute atomic E-state index is 14.4. The number of nitrogens with zero attached hydrogens (tertiary/aromatic N) is 1. The summed E-state index contributed by atoms with van der Waals surface area (Å²) >= 11 is 0. The number of nitrogens with one attached hydrogen (secondary N) is 1. The lowest BCUT2D eigenvalue weighted by Crippen LogP contribution is -2.64. The van der Waals surface area contributed by atoms with Crippen molar-refractivity contribution in [1.82, 2.24) is 5.32 Å². The Labute approximate surface area is 228 Å². The van der Waals surface area contributed by atoms with Crippen LogP contribution in [0.15, 0.2) is 23.3 Å². The molecule has 1 N–H and O–H groups in total. The van der Waals surface area contributed by atoms with E-state index >= 15 is 0 Å². The van der Waals surface area contributed by atoms with Gasteiger partial charge in [-0.1, -0.05) is 53.2 Å². The summed E-state index contributed by atoms with van der Waals surface area (Å²) in [5, 5.41) is 12.6. The topological polar surface area (TPSA) is 87.0 Å². The van der Waals surface area contributed by atoms with E-state index in [4.69, 9.17) is 0 Å². The Morgan fingerprint density at radius 3 is 2.39 bits per heavy atom. The van der Waals surface area contributed by atoms with Crippen LogP contribution in [-0.4, -0.2) is 24.5 Å². The van der Waals surface area contributed by atoms with Gasteiger partial charge in [0.1, 0.15) is 6.07 Å². The summed E-state index contributed by atoms with van der Waals surface area (Å²) in [5.41, 5.74) is 0.790. The summed E-state index contributed by atoms with van der Waals surface area (Å²) < 4.78 is 0. The summed E-state index contributed by atoms with van der Waals surface area (Å²) in [6.45, 7) is 13.6. The first-order valence-corrected chi connectivity index (χ1v) is 14.8. The molecule has 3 saturated carbocycles. The molecule has 0 aliphatic heterocycles. The van der Waals surface area contributed by atoms with Crippen molar-refractivity contribution < 1.29 is 14.4 Å². The first-order valence-electron chi connectivity index (χ1n) is 14.8. The molecule has 5 rings (SSSR count). The highest BCUT2D eigenvalue weighted by atomic mass is 16.1. The normalized spacial score (nSPS) is 45.3. The Bertz CT molecular complexity index is 1190. The third kappa shape index (κ3) is 3.57. The lowest BCUT2D eigenvalue weighted by Gasteiger charge is -2.69. The second-order valence-corrected chi connectivity index (χ2v) is 14.9. The van der Waals surface area contributed by atoms with Crippen molar-refractivity contribution in [3.63, 3.8) is 0 Å². The lowest BCUT2D eigenvalue weighted by molar-refractivity contribution is -0.171. The quantitative estimate of drug-likeness (QED) is 0.472. The number of hydrogen-bond donors (Lipinski definition) is 1. The van der Waals surface area contributed by atoms with E-state index in [0.717, 1.165) is 56.9 Å². The van der Waals surface area contributed by atoms with Crippen LogP contribution in [-0.2, 0) is 14.4 Å². The van der Waals surface area contributed by atoms with E-state index in [1.54, 1.807) is 7.05 Å². The molecule has 2 unspecified atom stereocenters. The van der Waals surface area contributed by atoms with Gasteiger partial charge < -0.3 is 5.32 Å². The third-order valence-electron chi connectivity index (χ3n) is 12.8. The molecule has 3 fully saturated rings. The predicted molar refractivity (Wildman–Crippen MR) is 148 cm³/mol. The molecular formula is C33H46N2O3. The van der Waals surface area contributed by atoms with E-state index in [1.165, 1.54) is 0 Å². The van der Waals surface area contributed by atoms with Crippen molar-refractivity contribution >= 4 is 17.5 Å². The van der Waals surface area contributed by atoms with E-state index in [0.29, 0.717) is 6.42 Å². The van der Waals surface area contributed by atoms with Crippen molar-refractivity contribution in [1.29, 1.82) is 5.26 Å². The molecule has 0 spiro atoms. The molecule has 0 bridgehead atoms. The zero-order valence-corrected chi connectivity index (χ0v) is 24.5. The monoisotopic (exact) mass is 518 g/mol. The van der Waals surface area contributed by atoms with Gasteiger partial charge >= 0.3 is 0 Å². The van der Waals surface area contributed by atoms with Crippen LogP contribution in [0.5, 0.6) is 0 Å². The smallest absolute Gasteiger partial charge is 0.219 e. The van der Waals surface area contributed by atoms with Gasteiger partial charge in [0, 0.05) is 30.7 Å². The summed E-state index contributed by atoms with van der Waals surface area (Å²) in [5.74, 6) is 0.388. The Hall–Kier alpha value is -2.22. The zero-order chi connectivity index (χ0) is 27.9. The van der Waals surface area contributed by atoms with Crippen molar-refractivity contribution in [2.75, 3.05) is 7.05 Å². The Morgan fingerprint density at radius 2 is 1.74 bits per heavy atom. The van der Waals surface area contributed by atoms with Gasteiger partial charge in [0.2, 0.25) is 5.91 Å². The number of rotatable bonds is 3. The molecule has 1 amide bonds. The standard InChI is InChI=1S/C33H46N2O3/c1-20-22-8-10-31(5)25(30(22,4)17-21(19-34)28(20)38)16-24(36)27-23-18-29(2,3)12-14-33(23,11-9-26(37)35-7)15-13-32(27,31)6/h16-17,20,22-23,27H,8-15,18H2,1-7H3,(H,35,37)/t20-,22-,23?,27?,30-,31+,32+,33+/m0/s1. The molecule has 8 atom stereocenters. The fourth-order valence-electron chi connectivity index (χ4n) is 10.3. The van der Waals surface area contributed by atoms with Crippen LogP contribution >= 0.6 is 0 Å². The highest BCUT2D eigenvalue weighted by Crippen LogP contribution is 2.74. The molecule has 0 aromatic heterocycles. The van der Waals surface area contributed by atoms with Crippen LogP contribution in [0.3, 0.4) is 0 Å². The van der Waals surface area contributed by atoms with Crippen molar-refractivity contribution in [2.24, 2.45) is 50.7 Å². The summed E-state index contributed by atoms with van der Waals surface area (Å²) in [6, 6.07) is 2.17. The SMILES string of the molecule is CNC(=O)CC[C@]12CCC(C)(C)CC1C1C(=O)C=C3[C@@]4(C)C=C(C#N)C(=O)[C@@H](C)[C@@H]4CC[C@@]3(C)[C@]1(C)CC2. The molecular weight excluding hydrogens is 472 g/mol. The molecule has 38 heavy (non-hydrogen) atoms. The van der Waals surface area contributed by atoms with Gasteiger partial charge in [0.05, 0.1) is 5.57 Å². The number of fused-ring (bicyclic) bond motifs is 7. The number of allylic oxidation sites excluding steroid dienone is 4. The number of carbonyl (C=O) groups excluding carboxylic acids is 3. The highest BCUT2D eigenvalue weighted by Gasteiger charge is 2.68. The van der Waals surface area contributed by atoms with Gasteiger partial charge in [0.25, 0.3) is 0 Å². The molecule has 206 valence electrons. The molecule has 0 heterocycles. The van der Waals surface area contributed by atoms with Crippen LogP contribution in [0, 0.1) is 62.1 Å². The van der Waals surface area contributed by atoms with Gasteiger partial charge in [-0.3, -0.25) is 14.4 Å². The minimum atomic E-state index is -0.464. The van der Waals surface area contributed by atoms with E-state index < -0.39 is 5.41 Å². The Morgan fingerprint density at radius 1 is 1.05 bits per heavy atom. The number of amides is 1. The zero-order valence-electron chi connectivity index (χ0n) is 24.5. The number of carbonyl (C=O) groups is 3.